The van der Waals surface area contributed by atoms with E-state index in [-0.39, 0.29) is 11.5 Å². The van der Waals surface area contributed by atoms with Crippen molar-refractivity contribution < 1.29 is 14.7 Å². The summed E-state index contributed by atoms with van der Waals surface area (Å²) < 4.78 is 1.83. The van der Waals surface area contributed by atoms with Crippen molar-refractivity contribution >= 4 is 11.9 Å². The lowest BCUT2D eigenvalue weighted by Gasteiger charge is -2.06. The van der Waals surface area contributed by atoms with Gasteiger partial charge in [-0.05, 0) is 36.6 Å². The number of hydrogen-bond donors (Lipinski definition) is 2. The zero-order chi connectivity index (χ0) is 15.8. The van der Waals surface area contributed by atoms with Crippen molar-refractivity contribution in [1.82, 2.24) is 15.1 Å². The van der Waals surface area contributed by atoms with Crippen LogP contribution in [0, 0.1) is 0 Å². The third-order valence-electron chi connectivity index (χ3n) is 3.29. The van der Waals surface area contributed by atoms with E-state index >= 15 is 0 Å². The van der Waals surface area contributed by atoms with Crippen molar-refractivity contribution in [2.24, 2.45) is 0 Å². The molecule has 0 unspecified atom stereocenters. The molecule has 2 rings (SSSR count). The summed E-state index contributed by atoms with van der Waals surface area (Å²) in [5, 5.41) is 15.8. The molecule has 6 nitrogen and oxygen atoms in total. The first-order valence-corrected chi connectivity index (χ1v) is 7.21. The predicted molar refractivity (Wildman–Crippen MR) is 81.6 cm³/mol. The molecule has 22 heavy (non-hydrogen) atoms. The number of nitrogens with one attached hydrogen (secondary N) is 1. The third kappa shape index (κ3) is 5.05. The number of benzene rings is 1. The fourth-order valence-corrected chi connectivity index (χ4v) is 2.06. The minimum absolute atomic E-state index is 0.00257. The highest BCUT2D eigenvalue weighted by molar-refractivity contribution is 5.87. The zero-order valence-corrected chi connectivity index (χ0v) is 12.2. The van der Waals surface area contributed by atoms with Crippen LogP contribution in [0.3, 0.4) is 0 Å². The number of hydrogen-bond acceptors (Lipinski definition) is 3. The highest BCUT2D eigenvalue weighted by atomic mass is 16.4. The molecule has 0 radical (unpaired) electrons. The van der Waals surface area contributed by atoms with Crippen molar-refractivity contribution in [3.05, 3.63) is 53.9 Å². The average Bonchev–Trinajstić information content (AvgIpc) is 3.03. The first-order chi connectivity index (χ1) is 10.6. The number of aryl methyl sites for hydroxylation is 2. The minimum Gasteiger partial charge on any atom is -0.478 e. The Hall–Kier alpha value is -2.63. The molecule has 0 bridgehead atoms. The number of rotatable bonds is 8. The molecule has 0 fully saturated rings. The molecule has 0 saturated carbocycles. The van der Waals surface area contributed by atoms with Crippen LogP contribution in [0.4, 0.5) is 0 Å². The Morgan fingerprint density at radius 3 is 2.64 bits per heavy atom. The molecule has 0 atom stereocenters. The summed E-state index contributed by atoms with van der Waals surface area (Å²) in [7, 11) is 0. The van der Waals surface area contributed by atoms with E-state index in [9.17, 15) is 9.59 Å². The van der Waals surface area contributed by atoms with E-state index in [1.54, 1.807) is 30.5 Å². The van der Waals surface area contributed by atoms with Gasteiger partial charge in [-0.1, -0.05) is 12.1 Å². The summed E-state index contributed by atoms with van der Waals surface area (Å²) in [6, 6.07) is 8.47. The minimum atomic E-state index is -0.943. The molecule has 2 N–H and O–H groups in total. The summed E-state index contributed by atoms with van der Waals surface area (Å²) >= 11 is 0. The van der Waals surface area contributed by atoms with Gasteiger partial charge in [-0.3, -0.25) is 9.48 Å². The Morgan fingerprint density at radius 2 is 2.00 bits per heavy atom. The molecular formula is C16H19N3O3. The number of aromatic carboxylic acids is 1. The quantitative estimate of drug-likeness (QED) is 0.727. The molecule has 1 aromatic carbocycles. The number of carboxylic acids is 1. The summed E-state index contributed by atoms with van der Waals surface area (Å²) in [4.78, 5) is 22.5. The van der Waals surface area contributed by atoms with Gasteiger partial charge in [0.2, 0.25) is 5.91 Å². The van der Waals surface area contributed by atoms with Crippen LogP contribution in [-0.4, -0.2) is 33.3 Å². The molecule has 2 aromatic rings. The van der Waals surface area contributed by atoms with Gasteiger partial charge < -0.3 is 10.4 Å². The normalized spacial score (nSPS) is 10.4. The van der Waals surface area contributed by atoms with Crippen molar-refractivity contribution in [2.45, 2.75) is 25.8 Å². The molecule has 0 aliphatic heterocycles. The molecule has 1 amide bonds. The summed E-state index contributed by atoms with van der Waals surface area (Å²) in [6.07, 6.45) is 5.45. The lowest BCUT2D eigenvalue weighted by atomic mass is 10.1. The van der Waals surface area contributed by atoms with E-state index in [0.717, 1.165) is 18.5 Å². The van der Waals surface area contributed by atoms with E-state index in [1.807, 2.05) is 16.9 Å². The average molecular weight is 301 g/mol. The summed E-state index contributed by atoms with van der Waals surface area (Å²) in [5.41, 5.74) is 1.21. The largest absolute Gasteiger partial charge is 0.478 e. The molecule has 0 aliphatic carbocycles. The fourth-order valence-electron chi connectivity index (χ4n) is 2.06. The standard InChI is InChI=1S/C16H19N3O3/c20-15(17-9-1-11-19-12-2-10-18-19)8-5-13-3-6-14(7-4-13)16(21)22/h2-4,6-7,10,12H,1,5,8-9,11H2,(H,17,20)(H,21,22). The van der Waals surface area contributed by atoms with Crippen LogP contribution in [0.25, 0.3) is 0 Å². The topological polar surface area (TPSA) is 84.2 Å². The predicted octanol–water partition coefficient (Wildman–Crippen LogP) is 1.72. The maximum atomic E-state index is 11.7. The highest BCUT2D eigenvalue weighted by Gasteiger charge is 2.04. The van der Waals surface area contributed by atoms with Crippen molar-refractivity contribution in [3.8, 4) is 0 Å². The lowest BCUT2D eigenvalue weighted by Crippen LogP contribution is -2.25. The van der Waals surface area contributed by atoms with E-state index in [2.05, 4.69) is 10.4 Å². The maximum Gasteiger partial charge on any atom is 0.335 e. The van der Waals surface area contributed by atoms with Crippen molar-refractivity contribution in [2.75, 3.05) is 6.54 Å². The molecule has 1 aromatic heterocycles. The van der Waals surface area contributed by atoms with Crippen LogP contribution >= 0.6 is 0 Å². The van der Waals surface area contributed by atoms with E-state index < -0.39 is 5.97 Å². The number of amides is 1. The number of aromatic nitrogens is 2. The Kier molecular flexibility index (Phi) is 5.71. The zero-order valence-electron chi connectivity index (χ0n) is 12.2. The summed E-state index contributed by atoms with van der Waals surface area (Å²) in [6.45, 7) is 1.40. The van der Waals surface area contributed by atoms with E-state index in [1.165, 1.54) is 0 Å². The number of carboxylic acid groups (broad SMARTS) is 1. The van der Waals surface area contributed by atoms with Crippen molar-refractivity contribution in [1.29, 1.82) is 0 Å². The van der Waals surface area contributed by atoms with Crippen LogP contribution in [0.2, 0.25) is 0 Å². The van der Waals surface area contributed by atoms with Crippen LogP contribution in [0.1, 0.15) is 28.8 Å². The van der Waals surface area contributed by atoms with Crippen LogP contribution in [-0.2, 0) is 17.8 Å². The van der Waals surface area contributed by atoms with Gasteiger partial charge in [-0.25, -0.2) is 4.79 Å². The monoisotopic (exact) mass is 301 g/mol. The van der Waals surface area contributed by atoms with Gasteiger partial charge in [-0.2, -0.15) is 5.10 Å². The van der Waals surface area contributed by atoms with Gasteiger partial charge in [0.1, 0.15) is 0 Å². The van der Waals surface area contributed by atoms with E-state index in [4.69, 9.17) is 5.11 Å². The Labute approximate surface area is 128 Å². The Morgan fingerprint density at radius 1 is 1.23 bits per heavy atom. The van der Waals surface area contributed by atoms with E-state index in [0.29, 0.717) is 19.4 Å². The SMILES string of the molecule is O=C(CCc1ccc(C(=O)O)cc1)NCCCn1cccn1. The van der Waals surface area contributed by atoms with Gasteiger partial charge in [0.05, 0.1) is 5.56 Å². The first kappa shape index (κ1) is 15.8. The second-order valence-corrected chi connectivity index (χ2v) is 4.97. The Balaban J connectivity index is 1.63. The molecule has 6 heteroatoms. The second-order valence-electron chi connectivity index (χ2n) is 4.97. The molecular weight excluding hydrogens is 282 g/mol. The van der Waals surface area contributed by atoms with Crippen LogP contribution < -0.4 is 5.32 Å². The van der Waals surface area contributed by atoms with Gasteiger partial charge in [0.15, 0.2) is 0 Å². The van der Waals surface area contributed by atoms with Gasteiger partial charge >= 0.3 is 5.97 Å². The van der Waals surface area contributed by atoms with Crippen LogP contribution in [0.5, 0.6) is 0 Å². The van der Waals surface area contributed by atoms with Gasteiger partial charge in [0, 0.05) is 31.9 Å². The molecule has 116 valence electrons. The smallest absolute Gasteiger partial charge is 0.335 e. The highest BCUT2D eigenvalue weighted by Crippen LogP contribution is 2.06. The molecule has 0 saturated heterocycles. The third-order valence-corrected chi connectivity index (χ3v) is 3.29. The summed E-state index contributed by atoms with van der Waals surface area (Å²) in [5.74, 6) is -0.941. The van der Waals surface area contributed by atoms with Gasteiger partial charge in [0.25, 0.3) is 0 Å². The number of carbonyl (C=O) groups excluding carboxylic acids is 1. The number of nitrogens with zero attached hydrogens (tertiary/aromatic N) is 2. The first-order valence-electron chi connectivity index (χ1n) is 7.21. The fraction of sp³-hybridized carbons (Fsp3) is 0.312. The van der Waals surface area contributed by atoms with Crippen molar-refractivity contribution in [3.63, 3.8) is 0 Å². The molecule has 0 aliphatic rings. The second kappa shape index (κ2) is 7.97. The molecule has 1 heterocycles. The Bertz CT molecular complexity index is 606. The molecule has 0 spiro atoms. The van der Waals surface area contributed by atoms with Gasteiger partial charge in [-0.15, -0.1) is 0 Å². The number of carbonyl (C=O) groups is 2. The lowest BCUT2D eigenvalue weighted by molar-refractivity contribution is -0.121. The van der Waals surface area contributed by atoms with Crippen LogP contribution in [0.15, 0.2) is 42.7 Å². The maximum absolute atomic E-state index is 11.7.